The van der Waals surface area contributed by atoms with E-state index in [0.29, 0.717) is 12.1 Å². The molecule has 0 aliphatic rings. The fourth-order valence-electron chi connectivity index (χ4n) is 0.852. The van der Waals surface area contributed by atoms with Crippen LogP contribution in [0.25, 0.3) is 0 Å². The number of rotatable bonds is 3. The maximum absolute atomic E-state index is 13.0. The molecule has 4 heteroatoms. The van der Waals surface area contributed by atoms with Gasteiger partial charge in [-0.1, -0.05) is 0 Å². The summed E-state index contributed by atoms with van der Waals surface area (Å²) in [7, 11) is 0. The van der Waals surface area contributed by atoms with Gasteiger partial charge in [-0.2, -0.15) is 5.26 Å². The molecule has 1 aromatic rings. The first-order chi connectivity index (χ1) is 6.27. The predicted octanol–water partition coefficient (Wildman–Crippen LogP) is 1.03. The largest absolute Gasteiger partial charge is 0.489 e. The average Bonchev–Trinajstić information content (AvgIpc) is 2.17. The van der Waals surface area contributed by atoms with Crippen LogP contribution in [0.5, 0.6) is 5.75 Å². The number of benzene rings is 1. The van der Waals surface area contributed by atoms with Crippen LogP contribution in [0.1, 0.15) is 5.56 Å². The molecular formula is C9H9FN2O. The smallest absolute Gasteiger partial charge is 0.165 e. The van der Waals surface area contributed by atoms with E-state index in [-0.39, 0.29) is 12.4 Å². The van der Waals surface area contributed by atoms with Gasteiger partial charge < -0.3 is 10.5 Å². The Labute approximate surface area is 75.5 Å². The molecule has 0 spiro atoms. The lowest BCUT2D eigenvalue weighted by Gasteiger charge is -2.04. The molecule has 2 N–H and O–H groups in total. The Morgan fingerprint density at radius 2 is 2.31 bits per heavy atom. The molecule has 0 radical (unpaired) electrons. The fraction of sp³-hybridized carbons (Fsp3) is 0.222. The summed E-state index contributed by atoms with van der Waals surface area (Å²) in [5.41, 5.74) is 5.55. The number of hydrogen-bond donors (Lipinski definition) is 1. The highest BCUT2D eigenvalue weighted by Gasteiger charge is 2.03. The minimum Gasteiger partial charge on any atom is -0.489 e. The van der Waals surface area contributed by atoms with Crippen LogP contribution in [0.2, 0.25) is 0 Å². The van der Waals surface area contributed by atoms with Gasteiger partial charge in [-0.05, 0) is 12.1 Å². The molecule has 0 saturated carbocycles. The Bertz CT molecular complexity index is 333. The van der Waals surface area contributed by atoms with Crippen LogP contribution in [0.15, 0.2) is 18.2 Å². The highest BCUT2D eigenvalue weighted by atomic mass is 19.1. The van der Waals surface area contributed by atoms with Crippen molar-refractivity contribution in [3.05, 3.63) is 29.6 Å². The number of halogens is 1. The van der Waals surface area contributed by atoms with Crippen LogP contribution in [0.4, 0.5) is 4.39 Å². The van der Waals surface area contributed by atoms with Gasteiger partial charge in [-0.3, -0.25) is 0 Å². The summed E-state index contributed by atoms with van der Waals surface area (Å²) >= 11 is 0. The molecule has 0 aliphatic carbocycles. The Balaban J connectivity index is 2.85. The second-order valence-corrected chi connectivity index (χ2v) is 2.39. The Kier molecular flexibility index (Phi) is 3.23. The SMILES string of the molecule is N#Cc1ccc(F)c(OCCN)c1. The van der Waals surface area contributed by atoms with E-state index >= 15 is 0 Å². The number of nitrogens with two attached hydrogens (primary N) is 1. The van der Waals surface area contributed by atoms with E-state index in [1.807, 2.05) is 6.07 Å². The molecule has 13 heavy (non-hydrogen) atoms. The lowest BCUT2D eigenvalue weighted by molar-refractivity contribution is 0.311. The molecule has 0 fully saturated rings. The maximum atomic E-state index is 13.0. The molecule has 68 valence electrons. The van der Waals surface area contributed by atoms with E-state index in [4.69, 9.17) is 15.7 Å². The van der Waals surface area contributed by atoms with Crippen LogP contribution in [-0.2, 0) is 0 Å². The van der Waals surface area contributed by atoms with Crippen LogP contribution in [-0.4, -0.2) is 13.2 Å². The van der Waals surface area contributed by atoms with Crippen molar-refractivity contribution in [1.82, 2.24) is 0 Å². The van der Waals surface area contributed by atoms with Crippen molar-refractivity contribution in [3.63, 3.8) is 0 Å². The van der Waals surface area contributed by atoms with Gasteiger partial charge in [0.1, 0.15) is 6.61 Å². The van der Waals surface area contributed by atoms with Crippen molar-refractivity contribution in [2.24, 2.45) is 5.73 Å². The topological polar surface area (TPSA) is 59.0 Å². The van der Waals surface area contributed by atoms with Crippen molar-refractivity contribution in [2.75, 3.05) is 13.2 Å². The summed E-state index contributed by atoms with van der Waals surface area (Å²) in [6.45, 7) is 0.558. The molecule has 1 aromatic carbocycles. The van der Waals surface area contributed by atoms with E-state index in [0.717, 1.165) is 0 Å². The standard InChI is InChI=1S/C9H9FN2O/c10-8-2-1-7(6-12)5-9(8)13-4-3-11/h1-2,5H,3-4,11H2. The predicted molar refractivity (Wildman–Crippen MR) is 45.7 cm³/mol. The lowest BCUT2D eigenvalue weighted by atomic mass is 10.2. The maximum Gasteiger partial charge on any atom is 0.165 e. The Morgan fingerprint density at radius 1 is 1.54 bits per heavy atom. The first-order valence-corrected chi connectivity index (χ1v) is 3.80. The van der Waals surface area contributed by atoms with Gasteiger partial charge in [0.25, 0.3) is 0 Å². The number of nitriles is 1. The van der Waals surface area contributed by atoms with Crippen molar-refractivity contribution in [2.45, 2.75) is 0 Å². The second kappa shape index (κ2) is 4.43. The second-order valence-electron chi connectivity index (χ2n) is 2.39. The minimum atomic E-state index is -0.479. The molecule has 0 saturated heterocycles. The highest BCUT2D eigenvalue weighted by Crippen LogP contribution is 2.17. The van der Waals surface area contributed by atoms with Gasteiger partial charge in [0.2, 0.25) is 0 Å². The molecule has 0 aromatic heterocycles. The van der Waals surface area contributed by atoms with E-state index in [9.17, 15) is 4.39 Å². The number of ether oxygens (including phenoxy) is 1. The van der Waals surface area contributed by atoms with Crippen molar-refractivity contribution in [1.29, 1.82) is 5.26 Å². The quantitative estimate of drug-likeness (QED) is 0.755. The normalized spacial score (nSPS) is 9.31. The van der Waals surface area contributed by atoms with E-state index < -0.39 is 5.82 Å². The summed E-state index contributed by atoms with van der Waals surface area (Å²) in [5.74, 6) is -0.406. The summed E-state index contributed by atoms with van der Waals surface area (Å²) in [4.78, 5) is 0. The zero-order chi connectivity index (χ0) is 9.68. The first-order valence-electron chi connectivity index (χ1n) is 3.80. The van der Waals surface area contributed by atoms with Crippen molar-refractivity contribution < 1.29 is 9.13 Å². The van der Waals surface area contributed by atoms with Gasteiger partial charge in [0.15, 0.2) is 11.6 Å². The number of nitrogens with zero attached hydrogens (tertiary/aromatic N) is 1. The van der Waals surface area contributed by atoms with Gasteiger partial charge in [0.05, 0.1) is 11.6 Å². The summed E-state index contributed by atoms with van der Waals surface area (Å²) in [6.07, 6.45) is 0. The van der Waals surface area contributed by atoms with Crippen molar-refractivity contribution >= 4 is 0 Å². The molecule has 0 aliphatic heterocycles. The fourth-order valence-corrected chi connectivity index (χ4v) is 0.852. The van der Waals surface area contributed by atoms with E-state index in [1.54, 1.807) is 0 Å². The first kappa shape index (κ1) is 9.49. The van der Waals surface area contributed by atoms with Crippen LogP contribution < -0.4 is 10.5 Å². The van der Waals surface area contributed by atoms with Gasteiger partial charge >= 0.3 is 0 Å². The van der Waals surface area contributed by atoms with Gasteiger partial charge in [-0.15, -0.1) is 0 Å². The zero-order valence-corrected chi connectivity index (χ0v) is 6.96. The third-order valence-electron chi connectivity index (χ3n) is 1.44. The van der Waals surface area contributed by atoms with Crippen molar-refractivity contribution in [3.8, 4) is 11.8 Å². The van der Waals surface area contributed by atoms with Crippen LogP contribution in [0, 0.1) is 17.1 Å². The molecular weight excluding hydrogens is 171 g/mol. The molecule has 0 heterocycles. The van der Waals surface area contributed by atoms with E-state index in [2.05, 4.69) is 0 Å². The summed E-state index contributed by atoms with van der Waals surface area (Å²) < 4.78 is 17.9. The van der Waals surface area contributed by atoms with Gasteiger partial charge in [0, 0.05) is 12.6 Å². The summed E-state index contributed by atoms with van der Waals surface area (Å²) in [5, 5.41) is 8.53. The molecule has 0 bridgehead atoms. The molecule has 0 amide bonds. The average molecular weight is 180 g/mol. The Hall–Kier alpha value is -1.60. The molecule has 3 nitrogen and oxygen atoms in total. The highest BCUT2D eigenvalue weighted by molar-refractivity contribution is 5.37. The van der Waals surface area contributed by atoms with Crippen LogP contribution in [0.3, 0.4) is 0 Å². The number of hydrogen-bond acceptors (Lipinski definition) is 3. The Morgan fingerprint density at radius 3 is 2.92 bits per heavy atom. The third kappa shape index (κ3) is 2.42. The van der Waals surface area contributed by atoms with Gasteiger partial charge in [-0.25, -0.2) is 4.39 Å². The molecule has 0 atom stereocenters. The van der Waals surface area contributed by atoms with Crippen LogP contribution >= 0.6 is 0 Å². The monoisotopic (exact) mass is 180 g/mol. The molecule has 0 unspecified atom stereocenters. The third-order valence-corrected chi connectivity index (χ3v) is 1.44. The molecule has 1 rings (SSSR count). The summed E-state index contributed by atoms with van der Waals surface area (Å²) in [6, 6.07) is 5.84. The zero-order valence-electron chi connectivity index (χ0n) is 6.96. The van der Waals surface area contributed by atoms with E-state index in [1.165, 1.54) is 18.2 Å². The minimum absolute atomic E-state index is 0.0736. The lowest BCUT2D eigenvalue weighted by Crippen LogP contribution is -2.11.